The monoisotopic (exact) mass is 242 g/mol. The minimum absolute atomic E-state index is 0.0539. The molecule has 1 rings (SSSR count). The molecular formula is C12H22N2O3. The quantitative estimate of drug-likeness (QED) is 0.603. The molecule has 17 heavy (non-hydrogen) atoms. The van der Waals surface area contributed by atoms with E-state index in [4.69, 9.17) is 10.8 Å². The molecule has 0 aromatic heterocycles. The van der Waals surface area contributed by atoms with E-state index in [0.717, 1.165) is 32.1 Å². The lowest BCUT2D eigenvalue weighted by Gasteiger charge is -2.25. The summed E-state index contributed by atoms with van der Waals surface area (Å²) < 4.78 is 0. The molecule has 0 radical (unpaired) electrons. The van der Waals surface area contributed by atoms with E-state index >= 15 is 0 Å². The molecular weight excluding hydrogens is 220 g/mol. The van der Waals surface area contributed by atoms with Crippen LogP contribution in [0.4, 0.5) is 0 Å². The number of carbonyl (C=O) groups is 2. The van der Waals surface area contributed by atoms with Crippen LogP contribution in [0.15, 0.2) is 0 Å². The van der Waals surface area contributed by atoms with Crippen LogP contribution >= 0.6 is 0 Å². The van der Waals surface area contributed by atoms with Gasteiger partial charge in [0.2, 0.25) is 5.91 Å². The van der Waals surface area contributed by atoms with Gasteiger partial charge in [0, 0.05) is 24.9 Å². The van der Waals surface area contributed by atoms with E-state index in [-0.39, 0.29) is 24.3 Å². The highest BCUT2D eigenvalue weighted by atomic mass is 16.4. The van der Waals surface area contributed by atoms with Crippen molar-refractivity contribution < 1.29 is 14.7 Å². The maximum atomic E-state index is 11.8. The lowest BCUT2D eigenvalue weighted by Crippen LogP contribution is -2.38. The fourth-order valence-corrected chi connectivity index (χ4v) is 2.22. The third kappa shape index (κ3) is 5.68. The third-order valence-corrected chi connectivity index (χ3v) is 3.20. The van der Waals surface area contributed by atoms with E-state index in [2.05, 4.69) is 5.32 Å². The van der Waals surface area contributed by atoms with Crippen molar-refractivity contribution in [3.8, 4) is 0 Å². The zero-order valence-electron chi connectivity index (χ0n) is 10.2. The highest BCUT2D eigenvalue weighted by molar-refractivity contribution is 5.78. The van der Waals surface area contributed by atoms with Gasteiger partial charge in [-0.3, -0.25) is 9.59 Å². The number of hydrogen-bond donors (Lipinski definition) is 3. The largest absolute Gasteiger partial charge is 0.481 e. The van der Waals surface area contributed by atoms with Gasteiger partial charge >= 0.3 is 5.97 Å². The predicted molar refractivity (Wildman–Crippen MR) is 64.4 cm³/mol. The second kappa shape index (κ2) is 7.27. The first kappa shape index (κ1) is 14.0. The van der Waals surface area contributed by atoms with E-state index < -0.39 is 5.97 Å². The minimum Gasteiger partial charge on any atom is -0.481 e. The molecule has 1 saturated carbocycles. The van der Waals surface area contributed by atoms with E-state index in [9.17, 15) is 9.59 Å². The first-order chi connectivity index (χ1) is 8.09. The lowest BCUT2D eigenvalue weighted by atomic mass is 9.85. The Bertz CT molecular complexity index is 268. The molecule has 0 bridgehead atoms. The number of amides is 1. The van der Waals surface area contributed by atoms with Crippen LogP contribution in [0.25, 0.3) is 0 Å². The summed E-state index contributed by atoms with van der Waals surface area (Å²) in [7, 11) is 0. The Morgan fingerprint density at radius 1 is 1.29 bits per heavy atom. The topological polar surface area (TPSA) is 92.4 Å². The van der Waals surface area contributed by atoms with Crippen LogP contribution in [0.2, 0.25) is 0 Å². The summed E-state index contributed by atoms with van der Waals surface area (Å²) in [5.41, 5.74) is 5.83. The third-order valence-electron chi connectivity index (χ3n) is 3.20. The highest BCUT2D eigenvalue weighted by Crippen LogP contribution is 2.22. The Morgan fingerprint density at radius 2 is 2.06 bits per heavy atom. The second-order valence-electron chi connectivity index (χ2n) is 4.77. The normalized spacial score (nSPS) is 24.3. The standard InChI is InChI=1S/C12H22N2O3/c13-10-5-3-4-9(8-10)12(17)14-7-2-1-6-11(15)16/h9-10H,1-8,13H2,(H,14,17)(H,15,16). The predicted octanol–water partition coefficient (Wildman–Crippen LogP) is 0.875. The number of hydrogen-bond acceptors (Lipinski definition) is 3. The van der Waals surface area contributed by atoms with E-state index in [1.165, 1.54) is 0 Å². The van der Waals surface area contributed by atoms with Gasteiger partial charge in [0.15, 0.2) is 0 Å². The maximum Gasteiger partial charge on any atom is 0.303 e. The molecule has 5 nitrogen and oxygen atoms in total. The Hall–Kier alpha value is -1.10. The van der Waals surface area contributed by atoms with Crippen molar-refractivity contribution in [2.75, 3.05) is 6.54 Å². The van der Waals surface area contributed by atoms with Crippen molar-refractivity contribution in [3.63, 3.8) is 0 Å². The fourth-order valence-electron chi connectivity index (χ4n) is 2.22. The van der Waals surface area contributed by atoms with Gasteiger partial charge in [-0.25, -0.2) is 0 Å². The zero-order chi connectivity index (χ0) is 12.7. The summed E-state index contributed by atoms with van der Waals surface area (Å²) >= 11 is 0. The van der Waals surface area contributed by atoms with Crippen molar-refractivity contribution in [2.45, 2.75) is 51.0 Å². The highest BCUT2D eigenvalue weighted by Gasteiger charge is 2.24. The maximum absolute atomic E-state index is 11.8. The van der Waals surface area contributed by atoms with Gasteiger partial charge in [0.25, 0.3) is 0 Å². The number of carboxylic acids is 1. The fraction of sp³-hybridized carbons (Fsp3) is 0.833. The van der Waals surface area contributed by atoms with Crippen LogP contribution in [-0.2, 0) is 9.59 Å². The summed E-state index contributed by atoms with van der Waals surface area (Å²) in [5.74, 6) is -0.650. The Balaban J connectivity index is 2.10. The molecule has 0 aromatic carbocycles. The van der Waals surface area contributed by atoms with Crippen LogP contribution in [0, 0.1) is 5.92 Å². The average molecular weight is 242 g/mol. The van der Waals surface area contributed by atoms with Crippen LogP contribution in [-0.4, -0.2) is 29.6 Å². The van der Waals surface area contributed by atoms with Gasteiger partial charge in [-0.15, -0.1) is 0 Å². The number of rotatable bonds is 6. The molecule has 98 valence electrons. The van der Waals surface area contributed by atoms with Crippen LogP contribution in [0.5, 0.6) is 0 Å². The number of aliphatic carboxylic acids is 1. The van der Waals surface area contributed by atoms with Crippen molar-refractivity contribution in [1.29, 1.82) is 0 Å². The molecule has 2 unspecified atom stereocenters. The number of carbonyl (C=O) groups excluding carboxylic acids is 1. The van der Waals surface area contributed by atoms with Gasteiger partial charge < -0.3 is 16.2 Å². The van der Waals surface area contributed by atoms with E-state index in [1.54, 1.807) is 0 Å². The zero-order valence-corrected chi connectivity index (χ0v) is 10.2. The van der Waals surface area contributed by atoms with Crippen molar-refractivity contribution in [1.82, 2.24) is 5.32 Å². The second-order valence-corrected chi connectivity index (χ2v) is 4.77. The summed E-state index contributed by atoms with van der Waals surface area (Å²) in [6.07, 6.45) is 5.25. The van der Waals surface area contributed by atoms with Crippen LogP contribution in [0.1, 0.15) is 44.9 Å². The molecule has 0 heterocycles. The number of carboxylic acid groups (broad SMARTS) is 1. The summed E-state index contributed by atoms with van der Waals surface area (Å²) in [4.78, 5) is 22.0. The van der Waals surface area contributed by atoms with Crippen LogP contribution < -0.4 is 11.1 Å². The molecule has 0 spiro atoms. The SMILES string of the molecule is NC1CCCC(C(=O)NCCCCC(=O)O)C1. The molecule has 0 aliphatic heterocycles. The first-order valence-corrected chi connectivity index (χ1v) is 6.34. The van der Waals surface area contributed by atoms with Gasteiger partial charge in [-0.05, 0) is 32.1 Å². The van der Waals surface area contributed by atoms with Gasteiger partial charge in [0.1, 0.15) is 0 Å². The molecule has 4 N–H and O–H groups in total. The Morgan fingerprint density at radius 3 is 2.71 bits per heavy atom. The summed E-state index contributed by atoms with van der Waals surface area (Å²) in [5, 5.41) is 11.3. The summed E-state index contributed by atoms with van der Waals surface area (Å²) in [6.45, 7) is 0.567. The first-order valence-electron chi connectivity index (χ1n) is 6.34. The van der Waals surface area contributed by atoms with E-state index in [1.807, 2.05) is 0 Å². The lowest BCUT2D eigenvalue weighted by molar-refractivity contribution is -0.137. The Kier molecular flexibility index (Phi) is 5.97. The minimum atomic E-state index is -0.783. The smallest absolute Gasteiger partial charge is 0.303 e. The number of nitrogens with one attached hydrogen (secondary N) is 1. The van der Waals surface area contributed by atoms with Crippen molar-refractivity contribution in [3.05, 3.63) is 0 Å². The molecule has 1 aliphatic carbocycles. The molecule has 1 amide bonds. The molecule has 1 fully saturated rings. The molecule has 0 aromatic rings. The van der Waals surface area contributed by atoms with E-state index in [0.29, 0.717) is 13.0 Å². The molecule has 0 saturated heterocycles. The molecule has 1 aliphatic rings. The molecule has 2 atom stereocenters. The molecule has 5 heteroatoms. The number of nitrogens with two attached hydrogens (primary N) is 1. The van der Waals surface area contributed by atoms with Gasteiger partial charge in [-0.2, -0.15) is 0 Å². The Labute approximate surface area is 102 Å². The summed E-state index contributed by atoms with van der Waals surface area (Å²) in [6, 6.07) is 0.159. The van der Waals surface area contributed by atoms with Crippen LogP contribution in [0.3, 0.4) is 0 Å². The van der Waals surface area contributed by atoms with Crippen molar-refractivity contribution >= 4 is 11.9 Å². The van der Waals surface area contributed by atoms with Gasteiger partial charge in [0.05, 0.1) is 0 Å². The number of unbranched alkanes of at least 4 members (excludes halogenated alkanes) is 1. The van der Waals surface area contributed by atoms with Crippen molar-refractivity contribution in [2.24, 2.45) is 11.7 Å². The van der Waals surface area contributed by atoms with Gasteiger partial charge in [-0.1, -0.05) is 6.42 Å². The average Bonchev–Trinajstić information content (AvgIpc) is 2.28.